The fourth-order valence-corrected chi connectivity index (χ4v) is 1.23. The normalized spacial score (nSPS) is 10.5. The standard InChI is InChI=1S/C11H11N5O2/c1-18-9-4-2-8(3-5-9)6-12-15-10-7-13-16-11(17)14-10/h2-7H,1H3,(H2,14,15,16,17). The molecule has 0 radical (unpaired) electrons. The topological polar surface area (TPSA) is 92.3 Å². The summed E-state index contributed by atoms with van der Waals surface area (Å²) < 4.78 is 5.04. The molecule has 0 aliphatic rings. The van der Waals surface area contributed by atoms with Crippen LogP contribution in [0.5, 0.6) is 5.75 Å². The minimum Gasteiger partial charge on any atom is -0.497 e. The molecular weight excluding hydrogens is 234 g/mol. The average molecular weight is 245 g/mol. The molecule has 7 heteroatoms. The van der Waals surface area contributed by atoms with Gasteiger partial charge in [-0.05, 0) is 29.8 Å². The van der Waals surface area contributed by atoms with E-state index in [9.17, 15) is 4.79 Å². The Hall–Kier alpha value is -2.70. The summed E-state index contributed by atoms with van der Waals surface area (Å²) in [4.78, 5) is 14.5. The molecule has 2 rings (SSSR count). The van der Waals surface area contributed by atoms with Crippen LogP contribution < -0.4 is 15.9 Å². The number of H-pyrrole nitrogens is 1. The van der Waals surface area contributed by atoms with Crippen molar-refractivity contribution in [3.8, 4) is 5.75 Å². The van der Waals surface area contributed by atoms with Gasteiger partial charge < -0.3 is 4.74 Å². The summed E-state index contributed by atoms with van der Waals surface area (Å²) in [6.07, 6.45) is 2.97. The monoisotopic (exact) mass is 245 g/mol. The lowest BCUT2D eigenvalue weighted by Crippen LogP contribution is -2.13. The SMILES string of the molecule is COc1ccc(C=NNc2cn[nH]c(=O)n2)cc1. The molecule has 0 aliphatic heterocycles. The van der Waals surface area contributed by atoms with Gasteiger partial charge in [0.15, 0.2) is 5.82 Å². The van der Waals surface area contributed by atoms with Crippen LogP contribution in [-0.2, 0) is 0 Å². The Bertz CT molecular complexity index is 591. The van der Waals surface area contributed by atoms with Gasteiger partial charge in [0.1, 0.15) is 5.75 Å². The number of hydrogen-bond acceptors (Lipinski definition) is 6. The molecule has 1 aromatic heterocycles. The van der Waals surface area contributed by atoms with Crippen LogP contribution in [0.15, 0.2) is 40.4 Å². The molecule has 0 fully saturated rings. The summed E-state index contributed by atoms with van der Waals surface area (Å²) >= 11 is 0. The molecule has 7 nitrogen and oxygen atoms in total. The predicted molar refractivity (Wildman–Crippen MR) is 66.9 cm³/mol. The Morgan fingerprint density at radius 1 is 1.39 bits per heavy atom. The fraction of sp³-hybridized carbons (Fsp3) is 0.0909. The zero-order chi connectivity index (χ0) is 12.8. The van der Waals surface area contributed by atoms with Gasteiger partial charge in [-0.1, -0.05) is 0 Å². The quantitative estimate of drug-likeness (QED) is 0.608. The average Bonchev–Trinajstić information content (AvgIpc) is 2.40. The molecule has 0 amide bonds. The number of nitrogens with one attached hydrogen (secondary N) is 2. The lowest BCUT2D eigenvalue weighted by Gasteiger charge is -1.99. The summed E-state index contributed by atoms with van der Waals surface area (Å²) in [5, 5.41) is 9.69. The number of anilines is 1. The number of hydrazone groups is 1. The van der Waals surface area contributed by atoms with Crippen LogP contribution in [0.3, 0.4) is 0 Å². The molecule has 0 aliphatic carbocycles. The van der Waals surface area contributed by atoms with Gasteiger partial charge in [-0.25, -0.2) is 9.89 Å². The lowest BCUT2D eigenvalue weighted by atomic mass is 10.2. The first kappa shape index (κ1) is 11.8. The van der Waals surface area contributed by atoms with Gasteiger partial charge in [0.25, 0.3) is 0 Å². The zero-order valence-corrected chi connectivity index (χ0v) is 9.62. The lowest BCUT2D eigenvalue weighted by molar-refractivity contribution is 0.415. The van der Waals surface area contributed by atoms with Crippen molar-refractivity contribution in [3.63, 3.8) is 0 Å². The Balaban J connectivity index is 2.00. The molecule has 92 valence electrons. The highest BCUT2D eigenvalue weighted by molar-refractivity contribution is 5.80. The summed E-state index contributed by atoms with van der Waals surface area (Å²) in [6.45, 7) is 0. The molecule has 0 spiro atoms. The first-order valence-corrected chi connectivity index (χ1v) is 5.13. The number of benzene rings is 1. The second kappa shape index (κ2) is 5.58. The third kappa shape index (κ3) is 3.14. The van der Waals surface area contributed by atoms with Crippen molar-refractivity contribution in [2.45, 2.75) is 0 Å². The Labute approximate surface area is 103 Å². The van der Waals surface area contributed by atoms with E-state index in [1.54, 1.807) is 13.3 Å². The molecule has 1 aromatic carbocycles. The maximum absolute atomic E-state index is 10.9. The molecule has 0 unspecified atom stereocenters. The first-order chi connectivity index (χ1) is 8.78. The summed E-state index contributed by atoms with van der Waals surface area (Å²) in [6, 6.07) is 7.36. The highest BCUT2D eigenvalue weighted by Gasteiger charge is 1.93. The molecule has 2 aromatic rings. The molecule has 0 atom stereocenters. The van der Waals surface area contributed by atoms with E-state index in [-0.39, 0.29) is 5.82 Å². The van der Waals surface area contributed by atoms with Crippen LogP contribution in [-0.4, -0.2) is 28.5 Å². The predicted octanol–water partition coefficient (Wildman–Crippen LogP) is 0.619. The van der Waals surface area contributed by atoms with Crippen molar-refractivity contribution in [1.82, 2.24) is 15.2 Å². The van der Waals surface area contributed by atoms with E-state index in [0.717, 1.165) is 11.3 Å². The van der Waals surface area contributed by atoms with Gasteiger partial charge in [-0.3, -0.25) is 5.43 Å². The molecule has 0 bridgehead atoms. The molecule has 18 heavy (non-hydrogen) atoms. The Morgan fingerprint density at radius 3 is 2.83 bits per heavy atom. The largest absolute Gasteiger partial charge is 0.497 e. The molecule has 0 saturated carbocycles. The van der Waals surface area contributed by atoms with Gasteiger partial charge in [0.05, 0.1) is 19.5 Å². The summed E-state index contributed by atoms with van der Waals surface area (Å²) in [5.74, 6) is 1.06. The highest BCUT2D eigenvalue weighted by Crippen LogP contribution is 2.09. The van der Waals surface area contributed by atoms with Crippen molar-refractivity contribution >= 4 is 12.0 Å². The molecule has 2 N–H and O–H groups in total. The van der Waals surface area contributed by atoms with Gasteiger partial charge in [0, 0.05) is 0 Å². The van der Waals surface area contributed by atoms with Crippen molar-refractivity contribution in [1.29, 1.82) is 0 Å². The van der Waals surface area contributed by atoms with E-state index in [4.69, 9.17) is 4.74 Å². The second-order valence-corrected chi connectivity index (χ2v) is 3.32. The summed E-state index contributed by atoms with van der Waals surface area (Å²) in [7, 11) is 1.61. The number of aromatic amines is 1. The van der Waals surface area contributed by atoms with Crippen LogP contribution in [0.4, 0.5) is 5.82 Å². The second-order valence-electron chi connectivity index (χ2n) is 3.32. The van der Waals surface area contributed by atoms with E-state index in [1.165, 1.54) is 6.20 Å². The van der Waals surface area contributed by atoms with Gasteiger partial charge in [0.2, 0.25) is 0 Å². The summed E-state index contributed by atoms with van der Waals surface area (Å²) in [5.41, 5.74) is 2.97. The third-order valence-corrected chi connectivity index (χ3v) is 2.08. The molecule has 1 heterocycles. The third-order valence-electron chi connectivity index (χ3n) is 2.08. The van der Waals surface area contributed by atoms with Gasteiger partial charge in [-0.15, -0.1) is 0 Å². The first-order valence-electron chi connectivity index (χ1n) is 5.13. The number of aromatic nitrogens is 3. The Morgan fingerprint density at radius 2 is 2.17 bits per heavy atom. The zero-order valence-electron chi connectivity index (χ0n) is 9.62. The van der Waals surface area contributed by atoms with Crippen LogP contribution >= 0.6 is 0 Å². The van der Waals surface area contributed by atoms with Crippen molar-refractivity contribution in [3.05, 3.63) is 46.5 Å². The minimum atomic E-state index is -0.528. The van der Waals surface area contributed by atoms with Crippen molar-refractivity contribution in [2.24, 2.45) is 5.10 Å². The van der Waals surface area contributed by atoms with Gasteiger partial charge in [-0.2, -0.15) is 15.2 Å². The van der Waals surface area contributed by atoms with E-state index < -0.39 is 5.69 Å². The smallest absolute Gasteiger partial charge is 0.363 e. The van der Waals surface area contributed by atoms with E-state index in [0.29, 0.717) is 0 Å². The van der Waals surface area contributed by atoms with Crippen LogP contribution in [0.2, 0.25) is 0 Å². The minimum absolute atomic E-state index is 0.281. The van der Waals surface area contributed by atoms with Crippen LogP contribution in [0.1, 0.15) is 5.56 Å². The maximum atomic E-state index is 10.9. The number of rotatable bonds is 4. The van der Waals surface area contributed by atoms with Gasteiger partial charge >= 0.3 is 5.69 Å². The molecule has 0 saturated heterocycles. The van der Waals surface area contributed by atoms with Crippen molar-refractivity contribution in [2.75, 3.05) is 12.5 Å². The van der Waals surface area contributed by atoms with E-state index in [2.05, 4.69) is 25.7 Å². The number of methoxy groups -OCH3 is 1. The van der Waals surface area contributed by atoms with Crippen LogP contribution in [0, 0.1) is 0 Å². The van der Waals surface area contributed by atoms with Crippen molar-refractivity contribution < 1.29 is 4.74 Å². The number of nitrogens with zero attached hydrogens (tertiary/aromatic N) is 3. The van der Waals surface area contributed by atoms with E-state index >= 15 is 0 Å². The number of ether oxygens (including phenoxy) is 1. The fourth-order valence-electron chi connectivity index (χ4n) is 1.23. The maximum Gasteiger partial charge on any atom is 0.363 e. The van der Waals surface area contributed by atoms with Crippen LogP contribution in [0.25, 0.3) is 0 Å². The van der Waals surface area contributed by atoms with E-state index in [1.807, 2.05) is 24.3 Å². The Kier molecular flexibility index (Phi) is 3.65. The highest BCUT2D eigenvalue weighted by atomic mass is 16.5. The number of hydrogen-bond donors (Lipinski definition) is 2. The molecular formula is C11H11N5O2.